The number of ether oxygens (including phenoxy) is 2. The van der Waals surface area contributed by atoms with Crippen molar-refractivity contribution < 1.29 is 14.3 Å². The summed E-state index contributed by atoms with van der Waals surface area (Å²) in [6, 6.07) is 3.80. The molecule has 0 aliphatic carbocycles. The fourth-order valence-electron chi connectivity index (χ4n) is 1.40. The molecule has 0 atom stereocenters. The summed E-state index contributed by atoms with van der Waals surface area (Å²) in [5, 5.41) is 3.88. The lowest BCUT2D eigenvalue weighted by atomic mass is 10.2. The van der Waals surface area contributed by atoms with Gasteiger partial charge in [0.05, 0.1) is 18.9 Å². The maximum Gasteiger partial charge on any atom is 0.332 e. The molecule has 0 aromatic heterocycles. The molecule has 1 aromatic rings. The van der Waals surface area contributed by atoms with Gasteiger partial charge in [-0.15, -0.1) is 0 Å². The molecule has 1 aromatic carbocycles. The van der Waals surface area contributed by atoms with Crippen LogP contribution in [0.25, 0.3) is 0 Å². The van der Waals surface area contributed by atoms with Gasteiger partial charge in [-0.05, 0) is 47.5 Å². The summed E-state index contributed by atoms with van der Waals surface area (Å²) in [6.07, 6.45) is 0. The highest BCUT2D eigenvalue weighted by Crippen LogP contribution is 2.28. The topological polar surface area (TPSA) is 47.6 Å². The fraction of sp³-hybridized carbons (Fsp3) is 0.462. The Kier molecular flexibility index (Phi) is 7.20. The van der Waals surface area contributed by atoms with Gasteiger partial charge in [0.1, 0.15) is 6.61 Å². The summed E-state index contributed by atoms with van der Waals surface area (Å²) in [4.78, 5) is 11.0. The highest BCUT2D eigenvalue weighted by atomic mass is 79.9. The van der Waals surface area contributed by atoms with Crippen LogP contribution in [0.3, 0.4) is 0 Å². The van der Waals surface area contributed by atoms with E-state index >= 15 is 0 Å². The van der Waals surface area contributed by atoms with E-state index in [1.165, 1.54) is 0 Å². The predicted molar refractivity (Wildman–Crippen MR) is 79.8 cm³/mol. The third-order valence-corrected chi connectivity index (χ3v) is 3.40. The molecule has 0 unspecified atom stereocenters. The Morgan fingerprint density at radius 2 is 2.21 bits per heavy atom. The van der Waals surface area contributed by atoms with E-state index in [2.05, 4.69) is 21.2 Å². The van der Waals surface area contributed by atoms with Crippen LogP contribution in [0.2, 0.25) is 5.02 Å². The number of esters is 1. The molecule has 0 radical (unpaired) electrons. The number of rotatable bonds is 7. The molecule has 1 rings (SSSR count). The lowest BCUT2D eigenvalue weighted by Gasteiger charge is -2.10. The molecule has 106 valence electrons. The number of halogens is 2. The third kappa shape index (κ3) is 5.80. The van der Waals surface area contributed by atoms with Crippen LogP contribution in [0.1, 0.15) is 12.5 Å². The smallest absolute Gasteiger partial charge is 0.332 e. The van der Waals surface area contributed by atoms with Crippen LogP contribution < -0.4 is 5.32 Å². The first-order chi connectivity index (χ1) is 9.04. The van der Waals surface area contributed by atoms with E-state index in [1.54, 1.807) is 6.92 Å². The first-order valence-corrected chi connectivity index (χ1v) is 7.14. The Morgan fingerprint density at radius 1 is 1.47 bits per heavy atom. The summed E-state index contributed by atoms with van der Waals surface area (Å²) in [5.41, 5.74) is 1.91. The molecule has 19 heavy (non-hydrogen) atoms. The monoisotopic (exact) mass is 349 g/mol. The number of hydrogen-bond acceptors (Lipinski definition) is 4. The number of hydrogen-bond donors (Lipinski definition) is 1. The molecule has 0 aliphatic rings. The molecule has 0 saturated carbocycles. The molecule has 1 N–H and O–H groups in total. The van der Waals surface area contributed by atoms with Gasteiger partial charge >= 0.3 is 5.97 Å². The Balaban J connectivity index is 2.30. The Hall–Kier alpha value is -0.780. The maximum absolute atomic E-state index is 11.0. The van der Waals surface area contributed by atoms with Gasteiger partial charge in [0.2, 0.25) is 0 Å². The van der Waals surface area contributed by atoms with Crippen molar-refractivity contribution in [2.75, 3.05) is 31.7 Å². The van der Waals surface area contributed by atoms with E-state index in [1.807, 2.05) is 19.1 Å². The zero-order valence-corrected chi connectivity index (χ0v) is 13.3. The van der Waals surface area contributed by atoms with E-state index in [0.717, 1.165) is 15.7 Å². The number of carbonyl (C=O) groups excluding carboxylic acids is 1. The molecular weight excluding hydrogens is 334 g/mol. The van der Waals surface area contributed by atoms with Gasteiger partial charge in [0, 0.05) is 16.0 Å². The van der Waals surface area contributed by atoms with E-state index in [0.29, 0.717) is 24.8 Å². The van der Waals surface area contributed by atoms with Crippen molar-refractivity contribution in [3.8, 4) is 0 Å². The predicted octanol–water partition coefficient (Wildman–Crippen LogP) is 3.40. The van der Waals surface area contributed by atoms with Gasteiger partial charge in [-0.2, -0.15) is 0 Å². The molecule has 0 amide bonds. The highest BCUT2D eigenvalue weighted by molar-refractivity contribution is 9.10. The van der Waals surface area contributed by atoms with E-state index in [-0.39, 0.29) is 12.6 Å². The van der Waals surface area contributed by atoms with Gasteiger partial charge < -0.3 is 14.8 Å². The van der Waals surface area contributed by atoms with Gasteiger partial charge in [-0.1, -0.05) is 11.6 Å². The molecule has 0 fully saturated rings. The van der Waals surface area contributed by atoms with Crippen LogP contribution in [-0.4, -0.2) is 32.3 Å². The van der Waals surface area contributed by atoms with Gasteiger partial charge in [-0.3, -0.25) is 0 Å². The minimum Gasteiger partial charge on any atom is -0.464 e. The minimum absolute atomic E-state index is 0.0225. The second kappa shape index (κ2) is 8.40. The standard InChI is InChI=1S/C13H17BrClNO3/c1-3-19-13(17)8-18-5-4-16-12-7-11(15)9(2)6-10(12)14/h6-7,16H,3-5,8H2,1-2H3. The summed E-state index contributed by atoms with van der Waals surface area (Å²) >= 11 is 9.51. The maximum atomic E-state index is 11.0. The highest BCUT2D eigenvalue weighted by Gasteiger charge is 2.04. The molecule has 4 nitrogen and oxygen atoms in total. The summed E-state index contributed by atoms with van der Waals surface area (Å²) in [6.45, 7) is 5.05. The van der Waals surface area contributed by atoms with Crippen LogP contribution in [-0.2, 0) is 14.3 Å². The molecule has 0 bridgehead atoms. The number of aryl methyl sites for hydroxylation is 1. The molecule has 0 spiro atoms. The van der Waals surface area contributed by atoms with Crippen LogP contribution in [0.5, 0.6) is 0 Å². The molecule has 0 aliphatic heterocycles. The lowest BCUT2D eigenvalue weighted by Crippen LogP contribution is -2.16. The first-order valence-electron chi connectivity index (χ1n) is 5.97. The van der Waals surface area contributed by atoms with Crippen LogP contribution in [0.15, 0.2) is 16.6 Å². The number of benzene rings is 1. The van der Waals surface area contributed by atoms with Crippen molar-refractivity contribution in [3.63, 3.8) is 0 Å². The lowest BCUT2D eigenvalue weighted by molar-refractivity contribution is -0.148. The molecule has 0 heterocycles. The summed E-state index contributed by atoms with van der Waals surface area (Å²) in [7, 11) is 0. The van der Waals surface area contributed by atoms with Crippen molar-refractivity contribution in [2.24, 2.45) is 0 Å². The first kappa shape index (κ1) is 16.3. The van der Waals surface area contributed by atoms with Crippen LogP contribution in [0, 0.1) is 6.92 Å². The third-order valence-electron chi connectivity index (χ3n) is 2.34. The Morgan fingerprint density at radius 3 is 2.89 bits per heavy atom. The Labute approximate surface area is 126 Å². The zero-order chi connectivity index (χ0) is 14.3. The largest absolute Gasteiger partial charge is 0.464 e. The Bertz CT molecular complexity index is 440. The quantitative estimate of drug-likeness (QED) is 0.605. The van der Waals surface area contributed by atoms with Crippen molar-refractivity contribution in [1.29, 1.82) is 0 Å². The minimum atomic E-state index is -0.345. The second-order valence-electron chi connectivity index (χ2n) is 3.87. The molecular formula is C13H17BrClNO3. The van der Waals surface area contributed by atoms with Crippen molar-refractivity contribution in [3.05, 3.63) is 27.2 Å². The second-order valence-corrected chi connectivity index (χ2v) is 5.13. The van der Waals surface area contributed by atoms with E-state index in [9.17, 15) is 4.79 Å². The zero-order valence-electron chi connectivity index (χ0n) is 11.0. The van der Waals surface area contributed by atoms with E-state index < -0.39 is 0 Å². The van der Waals surface area contributed by atoms with Crippen LogP contribution >= 0.6 is 27.5 Å². The van der Waals surface area contributed by atoms with Crippen molar-refractivity contribution in [1.82, 2.24) is 0 Å². The van der Waals surface area contributed by atoms with Gasteiger partial charge in [0.15, 0.2) is 0 Å². The van der Waals surface area contributed by atoms with Gasteiger partial charge in [-0.25, -0.2) is 4.79 Å². The molecule has 6 heteroatoms. The van der Waals surface area contributed by atoms with Crippen LogP contribution in [0.4, 0.5) is 5.69 Å². The summed E-state index contributed by atoms with van der Waals surface area (Å²) in [5.74, 6) is -0.345. The SMILES string of the molecule is CCOC(=O)COCCNc1cc(Cl)c(C)cc1Br. The van der Waals surface area contributed by atoms with Crippen molar-refractivity contribution >= 4 is 39.2 Å². The summed E-state index contributed by atoms with van der Waals surface area (Å²) < 4.78 is 10.9. The average molecular weight is 351 g/mol. The fourth-order valence-corrected chi connectivity index (χ4v) is 2.16. The number of carbonyl (C=O) groups is 1. The van der Waals surface area contributed by atoms with Gasteiger partial charge in [0.25, 0.3) is 0 Å². The number of anilines is 1. The normalized spacial score (nSPS) is 10.3. The number of nitrogens with one attached hydrogen (secondary N) is 1. The van der Waals surface area contributed by atoms with E-state index in [4.69, 9.17) is 21.1 Å². The molecule has 0 saturated heterocycles. The average Bonchev–Trinajstić information content (AvgIpc) is 2.35. The van der Waals surface area contributed by atoms with Crippen molar-refractivity contribution in [2.45, 2.75) is 13.8 Å².